The Hall–Kier alpha value is -13.2. The number of benzene rings is 4. The molecule has 36 nitrogen and oxygen atoms in total. The Bertz CT molecular complexity index is 6120. The number of anilines is 8. The highest BCUT2D eigenvalue weighted by atomic mass is 16.5. The number of rotatable bonds is 9. The van der Waals surface area contributed by atoms with Crippen molar-refractivity contribution in [3.8, 4) is 44.9 Å². The summed E-state index contributed by atoms with van der Waals surface area (Å²) in [6.07, 6.45) is 15.8. The highest BCUT2D eigenvalue weighted by Gasteiger charge is 2.33. The van der Waals surface area contributed by atoms with Crippen LogP contribution in [0.2, 0.25) is 0 Å². The molecule has 4 fully saturated rings. The molecule has 4 aliphatic rings. The molecule has 0 radical (unpaired) electrons. The number of piperidine rings is 1. The van der Waals surface area contributed by atoms with Crippen LogP contribution in [0.5, 0.6) is 0 Å². The van der Waals surface area contributed by atoms with Crippen LogP contribution in [0.1, 0.15) is 96.3 Å². The molecule has 3 aliphatic heterocycles. The van der Waals surface area contributed by atoms with Crippen molar-refractivity contribution in [2.24, 2.45) is 0 Å². The van der Waals surface area contributed by atoms with Crippen LogP contribution in [-0.2, 0) is 14.3 Å². The van der Waals surface area contributed by atoms with Crippen molar-refractivity contribution < 1.29 is 31.9 Å². The molecule has 0 spiro atoms. The van der Waals surface area contributed by atoms with Crippen LogP contribution < -0.4 is 45.9 Å². The summed E-state index contributed by atoms with van der Waals surface area (Å²) in [5.74, 6) is 1.77. The maximum absolute atomic E-state index is 11.6. The molecule has 15 heterocycles. The first kappa shape index (κ1) is 69.8. The lowest BCUT2D eigenvalue weighted by Crippen LogP contribution is -2.45. The number of fused-ring (bicyclic) bond motifs is 8. The van der Waals surface area contributed by atoms with Crippen LogP contribution in [0.15, 0.2) is 122 Å². The molecular formula is C74H79N29O7. The lowest BCUT2D eigenvalue weighted by atomic mass is 9.90. The lowest BCUT2D eigenvalue weighted by molar-refractivity contribution is -0.130. The van der Waals surface area contributed by atoms with Gasteiger partial charge in [0.1, 0.15) is 93.4 Å². The zero-order valence-electron chi connectivity index (χ0n) is 60.4. The second kappa shape index (κ2) is 28.8. The Morgan fingerprint density at radius 3 is 1.15 bits per heavy atom. The van der Waals surface area contributed by atoms with E-state index in [0.29, 0.717) is 117 Å². The van der Waals surface area contributed by atoms with Crippen LogP contribution >= 0.6 is 0 Å². The fraction of sp³-hybridized carbons (Fsp3) is 0.324. The molecule has 16 N–H and O–H groups in total. The number of morpholine rings is 1. The molecule has 0 bridgehead atoms. The highest BCUT2D eigenvalue weighted by molar-refractivity contribution is 6.04. The maximum Gasteiger partial charge on any atom is 0.292 e. The molecule has 1 amide bonds. The number of hydrogen-bond donors (Lipinski definition) is 8. The summed E-state index contributed by atoms with van der Waals surface area (Å²) in [5.41, 5.74) is 62.4. The first-order chi connectivity index (χ1) is 53.4. The number of hydrogen-bond acceptors (Lipinski definition) is 31. The van der Waals surface area contributed by atoms with Gasteiger partial charge in [-0.3, -0.25) is 9.69 Å². The van der Waals surface area contributed by atoms with Crippen LogP contribution in [0.3, 0.4) is 0 Å². The van der Waals surface area contributed by atoms with Gasteiger partial charge in [0.15, 0.2) is 39.3 Å². The molecule has 12 aromatic heterocycles. The van der Waals surface area contributed by atoms with Crippen molar-refractivity contribution in [1.29, 1.82) is 0 Å². The normalized spacial score (nSPS) is 16.9. The van der Waals surface area contributed by atoms with Crippen LogP contribution in [0.25, 0.3) is 133 Å². The van der Waals surface area contributed by atoms with E-state index in [-0.39, 0.29) is 54.1 Å². The van der Waals surface area contributed by atoms with Gasteiger partial charge in [-0.2, -0.15) is 35.2 Å². The fourth-order valence-corrected chi connectivity index (χ4v) is 15.4. The van der Waals surface area contributed by atoms with Gasteiger partial charge >= 0.3 is 0 Å². The minimum absolute atomic E-state index is 0.0984. The molecule has 562 valence electrons. The number of nitrogens with zero attached hydrogens (tertiary/aromatic N) is 21. The Balaban J connectivity index is 0.000000108. The van der Waals surface area contributed by atoms with Gasteiger partial charge in [-0.1, -0.05) is 6.07 Å². The van der Waals surface area contributed by atoms with Gasteiger partial charge in [-0.05, 0) is 138 Å². The van der Waals surface area contributed by atoms with E-state index in [9.17, 15) is 4.79 Å². The molecule has 110 heavy (non-hydrogen) atoms. The second-order valence-electron chi connectivity index (χ2n) is 27.9. The van der Waals surface area contributed by atoms with Crippen molar-refractivity contribution in [1.82, 2.24) is 104 Å². The van der Waals surface area contributed by atoms with Gasteiger partial charge in [0.2, 0.25) is 5.91 Å². The van der Waals surface area contributed by atoms with Gasteiger partial charge in [-0.25, -0.2) is 53.9 Å². The SMILES string of the molecule is CC(=O)N1CCC(n2nc(-c3ccc4oc(N)nc4c3)c3c(N)ncnc32)CC1.CC(C)n1cc(-c2ccc3oc(N)nc3c2)c2c(N)ncnc21.Nc1nc2cc(-c3nn(C4CCC(N5CCOCC5)CC4)c4ncnc(N)c34)ccc2o1.Nc1nc2cc(-c3nn(C4CCOCC4)c4ncnc(N)c34)ccc2o1. The molecular weight excluding hydrogens is 1410 g/mol. The smallest absolute Gasteiger partial charge is 0.292 e. The Labute approximate surface area is 624 Å². The second-order valence-corrected chi connectivity index (χ2v) is 27.9. The van der Waals surface area contributed by atoms with Crippen LogP contribution in [0, 0.1) is 0 Å². The monoisotopic (exact) mass is 1490 g/mol. The number of oxazole rings is 4. The summed E-state index contributed by atoms with van der Waals surface area (Å²) >= 11 is 0. The summed E-state index contributed by atoms with van der Waals surface area (Å²) < 4.78 is 40.4. The van der Waals surface area contributed by atoms with Crippen molar-refractivity contribution >= 4 is 142 Å². The van der Waals surface area contributed by atoms with E-state index in [0.717, 1.165) is 150 Å². The Kier molecular flexibility index (Phi) is 18.3. The Morgan fingerprint density at radius 2 is 0.745 bits per heavy atom. The minimum Gasteiger partial charge on any atom is -0.424 e. The lowest BCUT2D eigenvalue weighted by Gasteiger charge is -2.38. The average Bonchev–Trinajstić information content (AvgIpc) is 1.61. The summed E-state index contributed by atoms with van der Waals surface area (Å²) in [5, 5.41) is 17.8. The highest BCUT2D eigenvalue weighted by Crippen LogP contribution is 2.42. The summed E-state index contributed by atoms with van der Waals surface area (Å²) in [6.45, 7) is 12.4. The molecule has 3 saturated heterocycles. The zero-order chi connectivity index (χ0) is 75.6. The summed E-state index contributed by atoms with van der Waals surface area (Å²) in [7, 11) is 0. The number of nitrogens with two attached hydrogens (primary N) is 8. The first-order valence-electron chi connectivity index (χ1n) is 36.3. The third-order valence-electron chi connectivity index (χ3n) is 20.9. The average molecular weight is 1490 g/mol. The Morgan fingerprint density at radius 1 is 0.400 bits per heavy atom. The topological polar surface area (TPSA) is 516 Å². The zero-order valence-corrected chi connectivity index (χ0v) is 60.4. The fourth-order valence-electron chi connectivity index (χ4n) is 15.4. The van der Waals surface area contributed by atoms with Gasteiger partial charge in [0.05, 0.1) is 52.9 Å². The van der Waals surface area contributed by atoms with Crippen LogP contribution in [0.4, 0.5) is 47.3 Å². The summed E-state index contributed by atoms with van der Waals surface area (Å²) in [6, 6.07) is 24.7. The van der Waals surface area contributed by atoms with E-state index in [4.69, 9.17) is 88.3 Å². The summed E-state index contributed by atoms with van der Waals surface area (Å²) in [4.78, 5) is 67.4. The number of likely N-dealkylation sites (tertiary alicyclic amines) is 1. The van der Waals surface area contributed by atoms with E-state index >= 15 is 0 Å². The standard InChI is InChI=1S/C22H26N8O2.C19H20N8O2.C17H17N7O2.C16H16N6O/c23-20-18-19(13-1-6-17-16(11-13)27-22(24)32-17)28-30(21(18)26-12-25-20)15-4-2-14(3-5-15)29-7-9-31-10-8-29;1-10(28)26-6-4-12(5-7-26)27-18-15(17(20)22-9-23-18)16(25-27)11-2-3-14-13(8-11)24-19(21)29-14;18-15-13-14(9-1-2-12-11(7-9)22-17(19)26-12)23-24(16(13)21-8-20-15)10-3-5-25-6-4-10;1-8(2)22-6-10(13-14(17)19-7-20-15(13)22)9-3-4-12-11(5-9)21-16(18)23-12/h1,6,11-12,14-15H,2-5,7-10H2,(H2,24,27)(H2,23,25,26);2-3,8-9,12H,4-7H2,1H3,(H2,21,24)(H2,20,22,23);1-2,7-8,10H,3-6H2,(H2,19,22)(H2,18,20,21);3-8H,1-2H3,(H2,18,21)(H2,17,19,20). The van der Waals surface area contributed by atoms with Crippen molar-refractivity contribution in [3.05, 3.63) is 104 Å². The van der Waals surface area contributed by atoms with Gasteiger partial charge in [0.25, 0.3) is 24.1 Å². The number of nitrogen functional groups attached to an aromatic ring is 8. The predicted octanol–water partition coefficient (Wildman–Crippen LogP) is 9.73. The molecule has 16 aromatic rings. The van der Waals surface area contributed by atoms with Gasteiger partial charge in [-0.15, -0.1) is 0 Å². The molecule has 1 saturated carbocycles. The van der Waals surface area contributed by atoms with E-state index < -0.39 is 0 Å². The van der Waals surface area contributed by atoms with Crippen LogP contribution in [-0.4, -0.2) is 168 Å². The van der Waals surface area contributed by atoms with E-state index in [1.165, 1.54) is 25.3 Å². The quantitative estimate of drug-likeness (QED) is 0.0666. The molecule has 1 aliphatic carbocycles. The van der Waals surface area contributed by atoms with Gasteiger partial charge < -0.3 is 82.5 Å². The van der Waals surface area contributed by atoms with Gasteiger partial charge in [0, 0.05) is 86.9 Å². The van der Waals surface area contributed by atoms with E-state index in [1.807, 2.05) is 93.3 Å². The largest absolute Gasteiger partial charge is 0.424 e. The molecule has 0 atom stereocenters. The van der Waals surface area contributed by atoms with Crippen molar-refractivity contribution in [2.75, 3.05) is 98.5 Å². The van der Waals surface area contributed by atoms with E-state index in [1.54, 1.807) is 6.92 Å². The number of aromatic nitrogens is 19. The van der Waals surface area contributed by atoms with Crippen molar-refractivity contribution in [3.63, 3.8) is 0 Å². The maximum atomic E-state index is 11.6. The number of carbonyl (C=O) groups is 1. The third kappa shape index (κ3) is 13.3. The molecule has 4 aromatic carbocycles. The predicted molar refractivity (Wildman–Crippen MR) is 414 cm³/mol. The van der Waals surface area contributed by atoms with Crippen molar-refractivity contribution in [2.45, 2.75) is 102 Å². The first-order valence-corrected chi connectivity index (χ1v) is 36.3. The number of carbonyl (C=O) groups excluding carboxylic acids is 1. The third-order valence-corrected chi connectivity index (χ3v) is 20.9. The molecule has 0 unspecified atom stereocenters. The number of ether oxygens (including phenoxy) is 2. The minimum atomic E-state index is 0.0984. The molecule has 36 heteroatoms. The molecule has 20 rings (SSSR count). The van der Waals surface area contributed by atoms with E-state index in [2.05, 4.69) is 87.8 Å². The number of amides is 1.